The van der Waals surface area contributed by atoms with Crippen LogP contribution in [0.1, 0.15) is 37.7 Å². The highest BCUT2D eigenvalue weighted by atomic mass is 35.5. The summed E-state index contributed by atoms with van der Waals surface area (Å²) in [6, 6.07) is 17.6. The molecule has 0 atom stereocenters. The second-order valence-electron chi connectivity index (χ2n) is 7.63. The molecule has 2 aromatic carbocycles. The van der Waals surface area contributed by atoms with Crippen molar-refractivity contribution in [3.8, 4) is 0 Å². The van der Waals surface area contributed by atoms with Crippen LogP contribution in [0.25, 0.3) is 0 Å². The van der Waals surface area contributed by atoms with Crippen LogP contribution >= 0.6 is 23.4 Å². The van der Waals surface area contributed by atoms with E-state index in [0.29, 0.717) is 16.7 Å². The highest BCUT2D eigenvalue weighted by Gasteiger charge is 2.48. The van der Waals surface area contributed by atoms with Crippen molar-refractivity contribution in [3.63, 3.8) is 0 Å². The summed E-state index contributed by atoms with van der Waals surface area (Å²) < 4.78 is 0. The highest BCUT2D eigenvalue weighted by molar-refractivity contribution is 8.14. The molecule has 1 aliphatic heterocycles. The van der Waals surface area contributed by atoms with E-state index in [-0.39, 0.29) is 11.3 Å². The Labute approximate surface area is 185 Å². The van der Waals surface area contributed by atoms with Crippen molar-refractivity contribution in [2.45, 2.75) is 44.2 Å². The lowest BCUT2D eigenvalue weighted by atomic mass is 9.79. The van der Waals surface area contributed by atoms with Crippen molar-refractivity contribution in [3.05, 3.63) is 65.2 Å². The molecule has 30 heavy (non-hydrogen) atoms. The largest absolute Gasteiger partial charge is 0.549 e. The summed E-state index contributed by atoms with van der Waals surface area (Å²) in [5, 5.41) is 12.5. The Hall–Kier alpha value is -2.31. The number of carbonyl (C=O) groups is 1. The summed E-state index contributed by atoms with van der Waals surface area (Å²) >= 11 is 7.24. The number of hydrogen-bond donors (Lipinski definition) is 0. The maximum atomic E-state index is 11.1. The number of benzene rings is 2. The van der Waals surface area contributed by atoms with Crippen LogP contribution in [0.15, 0.2) is 64.6 Å². The molecule has 0 aromatic heterocycles. The molecule has 5 nitrogen and oxygen atoms in total. The molecule has 0 amide bonds. The second kappa shape index (κ2) is 9.23. The van der Waals surface area contributed by atoms with Gasteiger partial charge in [-0.3, -0.25) is 0 Å². The smallest absolute Gasteiger partial charge is 0.167 e. The average molecular weight is 441 g/mol. The van der Waals surface area contributed by atoms with E-state index in [1.807, 2.05) is 42.5 Å². The predicted octanol–water partition coefficient (Wildman–Crippen LogP) is 4.43. The first-order valence-electron chi connectivity index (χ1n) is 10.1. The van der Waals surface area contributed by atoms with E-state index in [1.165, 1.54) is 18.2 Å². The Morgan fingerprint density at radius 1 is 1.10 bits per heavy atom. The van der Waals surface area contributed by atoms with Gasteiger partial charge in [0.15, 0.2) is 11.0 Å². The van der Waals surface area contributed by atoms with Gasteiger partial charge in [-0.25, -0.2) is 9.98 Å². The van der Waals surface area contributed by atoms with Gasteiger partial charge in [0, 0.05) is 17.3 Å². The van der Waals surface area contributed by atoms with Crippen LogP contribution in [0.3, 0.4) is 0 Å². The van der Waals surface area contributed by atoms with Crippen LogP contribution in [0, 0.1) is 0 Å². The van der Waals surface area contributed by atoms with Crippen LogP contribution in [-0.2, 0) is 11.3 Å². The maximum Gasteiger partial charge on any atom is 0.167 e. The van der Waals surface area contributed by atoms with E-state index < -0.39 is 5.97 Å². The number of halogens is 1. The summed E-state index contributed by atoms with van der Waals surface area (Å²) in [5.74, 6) is -0.460. The van der Waals surface area contributed by atoms with Gasteiger partial charge in [0.2, 0.25) is 0 Å². The molecule has 0 N–H and O–H groups in total. The fraction of sp³-hybridized carbons (Fsp3) is 0.348. The molecule has 2 aliphatic rings. The molecule has 2 aromatic rings. The van der Waals surface area contributed by atoms with Crippen molar-refractivity contribution < 1.29 is 9.90 Å². The van der Waals surface area contributed by atoms with E-state index in [1.54, 1.807) is 0 Å². The third-order valence-electron chi connectivity index (χ3n) is 5.61. The summed E-state index contributed by atoms with van der Waals surface area (Å²) in [4.78, 5) is 23.2. The Morgan fingerprint density at radius 3 is 2.47 bits per heavy atom. The van der Waals surface area contributed by atoms with E-state index in [9.17, 15) is 9.90 Å². The molecular weight excluding hydrogens is 418 g/mol. The Balaban J connectivity index is 1.75. The number of aliphatic carboxylic acids is 1. The van der Waals surface area contributed by atoms with E-state index >= 15 is 0 Å². The Kier molecular flexibility index (Phi) is 6.44. The summed E-state index contributed by atoms with van der Waals surface area (Å²) in [6.07, 6.45) is 5.28. The second-order valence-corrected chi connectivity index (χ2v) is 9.01. The molecule has 0 bridgehead atoms. The quantitative estimate of drug-likeness (QED) is 0.689. The van der Waals surface area contributed by atoms with Gasteiger partial charge in [-0.15, -0.1) is 0 Å². The number of aliphatic imine (C=N–C) groups is 2. The number of amidine groups is 2. The molecule has 1 saturated carbocycles. The van der Waals surface area contributed by atoms with Gasteiger partial charge in [-0.2, -0.15) is 0 Å². The predicted molar refractivity (Wildman–Crippen MR) is 121 cm³/mol. The number of rotatable bonds is 5. The van der Waals surface area contributed by atoms with Crippen molar-refractivity contribution in [1.29, 1.82) is 0 Å². The molecule has 0 radical (unpaired) electrons. The van der Waals surface area contributed by atoms with Gasteiger partial charge < -0.3 is 14.8 Å². The molecule has 1 spiro atoms. The van der Waals surface area contributed by atoms with Crippen molar-refractivity contribution in [2.75, 3.05) is 5.75 Å². The van der Waals surface area contributed by atoms with Crippen molar-refractivity contribution >= 4 is 46.0 Å². The van der Waals surface area contributed by atoms with Crippen LogP contribution in [0.4, 0.5) is 5.69 Å². The molecular formula is C23H23ClN3O2S-. The maximum absolute atomic E-state index is 11.1. The molecule has 7 heteroatoms. The first-order chi connectivity index (χ1) is 14.6. The summed E-state index contributed by atoms with van der Waals surface area (Å²) in [6.45, 7) is 0.666. The summed E-state index contributed by atoms with van der Waals surface area (Å²) in [7, 11) is 0. The minimum absolute atomic E-state index is 0.131. The minimum Gasteiger partial charge on any atom is -0.549 e. The van der Waals surface area contributed by atoms with E-state index in [4.69, 9.17) is 21.6 Å². The standard InChI is InChI=1S/C23H24ClN3O2S/c24-18-9-11-19(12-10-18)25-21-23(13-5-2-6-14-23)27(15-17-7-3-1-4-8-17)22(26-21)30-16-20(28)29/h1,3-4,7-12H,2,5-6,13-16H2,(H,28,29)/p-1. The van der Waals surface area contributed by atoms with Crippen LogP contribution in [0.5, 0.6) is 0 Å². The fourth-order valence-electron chi connectivity index (χ4n) is 4.17. The van der Waals surface area contributed by atoms with Crippen molar-refractivity contribution in [1.82, 2.24) is 4.90 Å². The number of hydrogen-bond acceptors (Lipinski definition) is 5. The highest BCUT2D eigenvalue weighted by Crippen LogP contribution is 2.43. The van der Waals surface area contributed by atoms with E-state index in [2.05, 4.69) is 17.0 Å². The van der Waals surface area contributed by atoms with Gasteiger partial charge in [0.25, 0.3) is 0 Å². The van der Waals surface area contributed by atoms with Crippen LogP contribution < -0.4 is 5.11 Å². The van der Waals surface area contributed by atoms with Gasteiger partial charge in [-0.1, -0.05) is 73.0 Å². The van der Waals surface area contributed by atoms with Gasteiger partial charge in [0.05, 0.1) is 11.7 Å². The molecule has 4 rings (SSSR count). The molecule has 156 valence electrons. The minimum atomic E-state index is -1.09. The van der Waals surface area contributed by atoms with Crippen LogP contribution in [-0.4, -0.2) is 33.2 Å². The lowest BCUT2D eigenvalue weighted by molar-refractivity contribution is -0.301. The number of nitrogens with zero attached hydrogens (tertiary/aromatic N) is 3. The number of carbonyl (C=O) groups excluding carboxylic acids is 1. The lowest BCUT2D eigenvalue weighted by Gasteiger charge is -2.42. The first kappa shape index (κ1) is 20.9. The normalized spacial score (nSPS) is 19.3. The third-order valence-corrected chi connectivity index (χ3v) is 6.81. The zero-order valence-corrected chi connectivity index (χ0v) is 18.2. The Morgan fingerprint density at radius 2 is 1.80 bits per heavy atom. The molecule has 0 unspecified atom stereocenters. The number of carboxylic acids is 1. The topological polar surface area (TPSA) is 68.1 Å². The lowest BCUT2D eigenvalue weighted by Crippen LogP contribution is -2.52. The zero-order chi connectivity index (χ0) is 21.0. The fourth-order valence-corrected chi connectivity index (χ4v) is 5.09. The molecule has 0 saturated heterocycles. The average Bonchev–Trinajstić information content (AvgIpc) is 3.01. The summed E-state index contributed by atoms with van der Waals surface area (Å²) in [5.41, 5.74) is 1.65. The van der Waals surface area contributed by atoms with Gasteiger partial charge in [0.1, 0.15) is 5.54 Å². The van der Waals surface area contributed by atoms with Crippen molar-refractivity contribution in [2.24, 2.45) is 9.98 Å². The Bertz CT molecular complexity index is 954. The molecule has 1 heterocycles. The third kappa shape index (κ3) is 4.55. The SMILES string of the molecule is O=C([O-])CSC1=NC(=Nc2ccc(Cl)cc2)C2(CCCCC2)N1Cc1ccccc1. The van der Waals surface area contributed by atoms with Crippen LogP contribution in [0.2, 0.25) is 5.02 Å². The van der Waals surface area contributed by atoms with E-state index in [0.717, 1.165) is 42.8 Å². The zero-order valence-electron chi connectivity index (χ0n) is 16.6. The number of carboxylic acid groups (broad SMARTS) is 1. The molecule has 1 aliphatic carbocycles. The number of thioether (sulfide) groups is 1. The molecule has 1 fully saturated rings. The monoisotopic (exact) mass is 440 g/mol. The van der Waals surface area contributed by atoms with Gasteiger partial charge >= 0.3 is 0 Å². The van der Waals surface area contributed by atoms with Gasteiger partial charge in [-0.05, 0) is 42.7 Å². The first-order valence-corrected chi connectivity index (χ1v) is 11.5.